The van der Waals surface area contributed by atoms with E-state index in [0.717, 1.165) is 23.0 Å². The number of amides is 1. The summed E-state index contributed by atoms with van der Waals surface area (Å²) in [4.78, 5) is 18.0. The molecule has 0 bridgehead atoms. The van der Waals surface area contributed by atoms with Crippen LogP contribution in [0.25, 0.3) is 10.4 Å². The number of ether oxygens (including phenoxy) is 3. The van der Waals surface area contributed by atoms with Crippen molar-refractivity contribution in [2.45, 2.75) is 44.6 Å². The number of aromatic nitrogens is 1. The standard InChI is InChI=1S/C27H29F3N2O5S/c1-25(2)32(24(33)34)26(3,17-37-25)23-31-16-22(38-23)19-9-10-21(20(15-19)27(28,29)30)36-14-13-35-12-11-18-7-5-4-6-8-18/h4-10,15-16H,11-14,17H2,1-3H3,(H,33,34). The van der Waals surface area contributed by atoms with E-state index >= 15 is 0 Å². The van der Waals surface area contributed by atoms with E-state index in [9.17, 15) is 23.1 Å². The maximum atomic E-state index is 13.9. The predicted octanol–water partition coefficient (Wildman–Crippen LogP) is 6.43. The van der Waals surface area contributed by atoms with E-state index < -0.39 is 29.1 Å². The molecular formula is C27H29F3N2O5S. The number of halogens is 3. The van der Waals surface area contributed by atoms with Crippen molar-refractivity contribution in [1.29, 1.82) is 0 Å². The van der Waals surface area contributed by atoms with Crippen molar-refractivity contribution in [3.05, 3.63) is 70.9 Å². The summed E-state index contributed by atoms with van der Waals surface area (Å²) in [5.41, 5.74) is -1.63. The van der Waals surface area contributed by atoms with Gasteiger partial charge in [-0.05, 0) is 56.5 Å². The van der Waals surface area contributed by atoms with Crippen LogP contribution in [0.5, 0.6) is 5.75 Å². The van der Waals surface area contributed by atoms with Crippen LogP contribution in [0.15, 0.2) is 54.7 Å². The average molecular weight is 551 g/mol. The Hall–Kier alpha value is -3.15. The number of benzene rings is 2. The molecule has 2 heterocycles. The second-order valence-corrected chi connectivity index (χ2v) is 10.6. The molecule has 1 aliphatic rings. The third kappa shape index (κ3) is 5.95. The van der Waals surface area contributed by atoms with Gasteiger partial charge in [0.2, 0.25) is 0 Å². The molecule has 7 nitrogen and oxygen atoms in total. The molecule has 1 atom stereocenters. The summed E-state index contributed by atoms with van der Waals surface area (Å²) in [6, 6.07) is 13.6. The SMILES string of the molecule is CC1(C)OCC(C)(c2ncc(-c3ccc(OCCOCCc4ccccc4)c(C(F)(F)F)c3)s2)N1C(=O)O. The van der Waals surface area contributed by atoms with E-state index in [0.29, 0.717) is 28.5 Å². The molecule has 0 radical (unpaired) electrons. The van der Waals surface area contributed by atoms with Gasteiger partial charge in [0.25, 0.3) is 0 Å². The van der Waals surface area contributed by atoms with Gasteiger partial charge in [0.15, 0.2) is 0 Å². The van der Waals surface area contributed by atoms with Crippen molar-refractivity contribution >= 4 is 17.4 Å². The number of nitrogens with zero attached hydrogens (tertiary/aromatic N) is 2. The van der Waals surface area contributed by atoms with Gasteiger partial charge in [0.1, 0.15) is 28.6 Å². The van der Waals surface area contributed by atoms with Crippen LogP contribution in [0.4, 0.5) is 18.0 Å². The summed E-state index contributed by atoms with van der Waals surface area (Å²) in [5.74, 6) is -0.285. The highest BCUT2D eigenvalue weighted by atomic mass is 32.1. The minimum atomic E-state index is -4.64. The van der Waals surface area contributed by atoms with Gasteiger partial charge in [0, 0.05) is 6.20 Å². The summed E-state index contributed by atoms with van der Waals surface area (Å²) in [7, 11) is 0. The van der Waals surface area contributed by atoms with Crippen molar-refractivity contribution in [2.24, 2.45) is 0 Å². The molecule has 1 amide bonds. The van der Waals surface area contributed by atoms with Crippen LogP contribution in [-0.4, -0.2) is 53.2 Å². The second kappa shape index (κ2) is 10.9. The van der Waals surface area contributed by atoms with Gasteiger partial charge in [-0.25, -0.2) is 9.78 Å². The first-order chi connectivity index (χ1) is 17.9. The monoisotopic (exact) mass is 550 g/mol. The Morgan fingerprint density at radius 2 is 1.87 bits per heavy atom. The Balaban J connectivity index is 1.45. The Labute approximate surface area is 222 Å². The van der Waals surface area contributed by atoms with Crippen molar-refractivity contribution in [2.75, 3.05) is 26.4 Å². The van der Waals surface area contributed by atoms with Crippen LogP contribution in [0.3, 0.4) is 0 Å². The molecule has 2 aromatic carbocycles. The topological polar surface area (TPSA) is 81.1 Å². The molecule has 1 aliphatic heterocycles. The maximum Gasteiger partial charge on any atom is 0.419 e. The second-order valence-electron chi connectivity index (χ2n) is 9.56. The molecule has 0 spiro atoms. The maximum absolute atomic E-state index is 13.9. The first-order valence-corrected chi connectivity index (χ1v) is 12.8. The quantitative estimate of drug-likeness (QED) is 0.309. The van der Waals surface area contributed by atoms with Crippen LogP contribution < -0.4 is 4.74 Å². The lowest BCUT2D eigenvalue weighted by atomic mass is 10.0. The van der Waals surface area contributed by atoms with Crippen LogP contribution in [0.1, 0.15) is 36.9 Å². The van der Waals surface area contributed by atoms with E-state index in [-0.39, 0.29) is 25.6 Å². The molecule has 4 rings (SSSR count). The smallest absolute Gasteiger partial charge is 0.419 e. The largest absolute Gasteiger partial charge is 0.491 e. The Morgan fingerprint density at radius 3 is 2.55 bits per heavy atom. The number of carbonyl (C=O) groups is 1. The lowest BCUT2D eigenvalue weighted by Gasteiger charge is -2.36. The number of hydrogen-bond donors (Lipinski definition) is 1. The third-order valence-electron chi connectivity index (χ3n) is 6.33. The van der Waals surface area contributed by atoms with E-state index in [1.165, 1.54) is 23.2 Å². The molecule has 1 aromatic heterocycles. The Kier molecular flexibility index (Phi) is 8.01. The molecule has 3 aromatic rings. The number of rotatable bonds is 9. The zero-order chi connectivity index (χ0) is 27.6. The van der Waals surface area contributed by atoms with Crippen molar-refractivity contribution in [1.82, 2.24) is 9.88 Å². The first-order valence-electron chi connectivity index (χ1n) is 12.0. The lowest BCUT2D eigenvalue weighted by molar-refractivity contribution is -0.139. The van der Waals surface area contributed by atoms with Crippen LogP contribution in [0, 0.1) is 0 Å². The number of alkyl halides is 3. The molecule has 204 valence electrons. The van der Waals surface area contributed by atoms with Gasteiger partial charge in [-0.15, -0.1) is 11.3 Å². The Morgan fingerprint density at radius 1 is 1.13 bits per heavy atom. The number of carboxylic acid groups (broad SMARTS) is 1. The first kappa shape index (κ1) is 27.9. The van der Waals surface area contributed by atoms with Gasteiger partial charge >= 0.3 is 12.3 Å². The molecule has 0 aliphatic carbocycles. The highest BCUT2D eigenvalue weighted by Crippen LogP contribution is 2.45. The zero-order valence-corrected chi connectivity index (χ0v) is 22.1. The fraction of sp³-hybridized carbons (Fsp3) is 0.407. The minimum absolute atomic E-state index is 0.0267. The highest BCUT2D eigenvalue weighted by Gasteiger charge is 2.54. The van der Waals surface area contributed by atoms with E-state index in [1.54, 1.807) is 20.8 Å². The fourth-order valence-electron chi connectivity index (χ4n) is 4.47. The summed E-state index contributed by atoms with van der Waals surface area (Å²) >= 11 is 1.13. The van der Waals surface area contributed by atoms with Gasteiger partial charge in [-0.3, -0.25) is 4.90 Å². The molecule has 1 saturated heterocycles. The molecule has 11 heteroatoms. The van der Waals surface area contributed by atoms with Gasteiger partial charge in [0.05, 0.1) is 30.3 Å². The molecule has 1 unspecified atom stereocenters. The lowest BCUT2D eigenvalue weighted by Crippen LogP contribution is -2.51. The highest BCUT2D eigenvalue weighted by molar-refractivity contribution is 7.15. The Bertz CT molecular complexity index is 1270. The summed E-state index contributed by atoms with van der Waals surface area (Å²) in [6.07, 6.45) is -3.65. The normalized spacial score (nSPS) is 19.1. The van der Waals surface area contributed by atoms with Crippen LogP contribution >= 0.6 is 11.3 Å². The number of hydrogen-bond acceptors (Lipinski definition) is 6. The third-order valence-corrected chi connectivity index (χ3v) is 7.63. The zero-order valence-electron chi connectivity index (χ0n) is 21.2. The number of thiazole rings is 1. The van der Waals surface area contributed by atoms with Gasteiger partial charge < -0.3 is 19.3 Å². The molecule has 1 N–H and O–H groups in total. The fourth-order valence-corrected chi connectivity index (χ4v) is 5.51. The van der Waals surface area contributed by atoms with E-state index in [1.807, 2.05) is 30.3 Å². The van der Waals surface area contributed by atoms with Crippen molar-refractivity contribution < 1.29 is 37.3 Å². The predicted molar refractivity (Wildman–Crippen MR) is 136 cm³/mol. The van der Waals surface area contributed by atoms with Crippen LogP contribution in [-0.2, 0) is 27.6 Å². The molecule has 0 saturated carbocycles. The molecule has 1 fully saturated rings. The summed E-state index contributed by atoms with van der Waals surface area (Å²) in [5, 5.41) is 10.2. The summed E-state index contributed by atoms with van der Waals surface area (Å²) in [6.45, 7) is 5.62. The minimum Gasteiger partial charge on any atom is -0.491 e. The van der Waals surface area contributed by atoms with Crippen molar-refractivity contribution in [3.8, 4) is 16.2 Å². The molecular weight excluding hydrogens is 521 g/mol. The molecule has 38 heavy (non-hydrogen) atoms. The van der Waals surface area contributed by atoms with E-state index in [2.05, 4.69) is 4.98 Å². The van der Waals surface area contributed by atoms with Gasteiger partial charge in [-0.2, -0.15) is 13.2 Å². The average Bonchev–Trinajstić information content (AvgIpc) is 3.45. The summed E-state index contributed by atoms with van der Waals surface area (Å²) < 4.78 is 58.3. The van der Waals surface area contributed by atoms with Crippen LogP contribution in [0.2, 0.25) is 0 Å². The van der Waals surface area contributed by atoms with E-state index in [4.69, 9.17) is 14.2 Å². The van der Waals surface area contributed by atoms with Gasteiger partial charge in [-0.1, -0.05) is 30.3 Å². The van der Waals surface area contributed by atoms with Crippen molar-refractivity contribution in [3.63, 3.8) is 0 Å².